The zero-order chi connectivity index (χ0) is 22.5. The molecule has 0 saturated carbocycles. The molecule has 3 rings (SSSR count). The van der Waals surface area contributed by atoms with E-state index in [4.69, 9.17) is 32.7 Å². The van der Waals surface area contributed by atoms with Gasteiger partial charge in [0.1, 0.15) is 6.61 Å². The molecule has 1 atom stereocenters. The summed E-state index contributed by atoms with van der Waals surface area (Å²) in [6.07, 6.45) is 0. The first kappa shape index (κ1) is 22.9. The van der Waals surface area contributed by atoms with Crippen LogP contribution in [0, 0.1) is 5.82 Å². The second-order valence-electron chi connectivity index (χ2n) is 6.60. The lowest BCUT2D eigenvalue weighted by Gasteiger charge is -2.36. The molecule has 1 heterocycles. The minimum Gasteiger partial charge on any atom is -0.484 e. The summed E-state index contributed by atoms with van der Waals surface area (Å²) in [5.41, 5.74) is 1.01. The van der Waals surface area contributed by atoms with Crippen LogP contribution < -0.4 is 10.1 Å². The van der Waals surface area contributed by atoms with Crippen molar-refractivity contribution in [3.63, 3.8) is 0 Å². The van der Waals surface area contributed by atoms with Gasteiger partial charge in [0.05, 0.1) is 34.0 Å². The molecular weight excluding hydrogens is 446 g/mol. The van der Waals surface area contributed by atoms with Crippen molar-refractivity contribution in [2.24, 2.45) is 0 Å². The number of halogens is 3. The van der Waals surface area contributed by atoms with Crippen molar-refractivity contribution in [3.8, 4) is 5.75 Å². The van der Waals surface area contributed by atoms with Gasteiger partial charge in [0.15, 0.2) is 11.6 Å². The van der Waals surface area contributed by atoms with Gasteiger partial charge in [-0.05, 0) is 43.7 Å². The Balaban J connectivity index is 2.10. The summed E-state index contributed by atoms with van der Waals surface area (Å²) < 4.78 is 24.9. The van der Waals surface area contributed by atoms with Crippen LogP contribution in [0.3, 0.4) is 0 Å². The summed E-state index contributed by atoms with van der Waals surface area (Å²) in [6, 6.07) is 9.44. The number of esters is 1. The lowest BCUT2D eigenvalue weighted by atomic mass is 9.94. The highest BCUT2D eigenvalue weighted by atomic mass is 35.5. The number of likely N-dealkylation sites (N-methyl/N-ethyl adjacent to an activating group) is 1. The maximum Gasteiger partial charge on any atom is 0.338 e. The minimum atomic E-state index is -0.844. The standard InChI is InChI=1S/C22H21Cl2FN2O4/c1-3-27-17(12-31-18-8-6-5-7-16(18)25)19(21(28)30-4-2)20(26-22(27)29)13-9-10-14(23)15(24)11-13/h5-11,20H,3-4,12H2,1-2H3,(H,26,29)/t20-/m1/s1. The highest BCUT2D eigenvalue weighted by molar-refractivity contribution is 6.42. The number of carbonyl (C=O) groups excluding carboxylic acids is 2. The quantitative estimate of drug-likeness (QED) is 0.575. The summed E-state index contributed by atoms with van der Waals surface area (Å²) in [5, 5.41) is 3.42. The Hall–Kier alpha value is -2.77. The summed E-state index contributed by atoms with van der Waals surface area (Å²) in [4.78, 5) is 27.1. The van der Waals surface area contributed by atoms with Crippen molar-refractivity contribution >= 4 is 35.2 Å². The molecule has 6 nitrogen and oxygen atoms in total. The van der Waals surface area contributed by atoms with E-state index >= 15 is 0 Å². The molecule has 2 amide bonds. The van der Waals surface area contributed by atoms with Crippen molar-refractivity contribution in [1.82, 2.24) is 10.2 Å². The van der Waals surface area contributed by atoms with Crippen LogP contribution in [-0.4, -0.2) is 36.7 Å². The Morgan fingerprint density at radius 2 is 1.90 bits per heavy atom. The van der Waals surface area contributed by atoms with Gasteiger partial charge in [0.2, 0.25) is 0 Å². The molecule has 0 spiro atoms. The number of rotatable bonds is 7. The average molecular weight is 467 g/mol. The van der Waals surface area contributed by atoms with Gasteiger partial charge in [-0.25, -0.2) is 14.0 Å². The number of para-hydroxylation sites is 1. The highest BCUT2D eigenvalue weighted by Gasteiger charge is 2.38. The fraction of sp³-hybridized carbons (Fsp3) is 0.273. The minimum absolute atomic E-state index is 0.00586. The van der Waals surface area contributed by atoms with Crippen LogP contribution in [-0.2, 0) is 9.53 Å². The van der Waals surface area contributed by atoms with Gasteiger partial charge in [0.25, 0.3) is 0 Å². The average Bonchev–Trinajstić information content (AvgIpc) is 2.74. The van der Waals surface area contributed by atoms with Crippen molar-refractivity contribution in [2.45, 2.75) is 19.9 Å². The molecule has 2 aromatic carbocycles. The van der Waals surface area contributed by atoms with Crippen LogP contribution in [0.25, 0.3) is 0 Å². The van der Waals surface area contributed by atoms with Crippen LogP contribution in [0.2, 0.25) is 10.0 Å². The second kappa shape index (κ2) is 10.0. The van der Waals surface area contributed by atoms with Crippen molar-refractivity contribution in [2.75, 3.05) is 19.8 Å². The third kappa shape index (κ3) is 4.94. The summed E-state index contributed by atoms with van der Waals surface area (Å²) in [5.74, 6) is -1.17. The Morgan fingerprint density at radius 3 is 2.55 bits per heavy atom. The van der Waals surface area contributed by atoms with Crippen LogP contribution in [0.1, 0.15) is 25.5 Å². The predicted octanol–water partition coefficient (Wildman–Crippen LogP) is 5.11. The van der Waals surface area contributed by atoms with Crippen molar-refractivity contribution in [1.29, 1.82) is 0 Å². The van der Waals surface area contributed by atoms with Gasteiger partial charge in [-0.2, -0.15) is 0 Å². The zero-order valence-electron chi connectivity index (χ0n) is 17.0. The lowest BCUT2D eigenvalue weighted by Crippen LogP contribution is -2.49. The number of nitrogens with one attached hydrogen (secondary N) is 1. The topological polar surface area (TPSA) is 67.9 Å². The van der Waals surface area contributed by atoms with Gasteiger partial charge >= 0.3 is 12.0 Å². The maximum atomic E-state index is 14.0. The molecule has 0 saturated heterocycles. The molecule has 31 heavy (non-hydrogen) atoms. The molecule has 2 aromatic rings. The van der Waals surface area contributed by atoms with Crippen molar-refractivity contribution < 1.29 is 23.5 Å². The molecule has 0 bridgehead atoms. The van der Waals surface area contributed by atoms with E-state index in [1.165, 1.54) is 23.1 Å². The third-order valence-corrected chi connectivity index (χ3v) is 5.47. The number of urea groups is 1. The van der Waals surface area contributed by atoms with Gasteiger partial charge < -0.3 is 14.8 Å². The van der Waals surface area contributed by atoms with Gasteiger partial charge in [-0.1, -0.05) is 41.4 Å². The molecule has 164 valence electrons. The lowest BCUT2D eigenvalue weighted by molar-refractivity contribution is -0.139. The first-order chi connectivity index (χ1) is 14.9. The Morgan fingerprint density at radius 1 is 1.16 bits per heavy atom. The summed E-state index contributed by atoms with van der Waals surface area (Å²) in [7, 11) is 0. The smallest absolute Gasteiger partial charge is 0.338 e. The fourth-order valence-electron chi connectivity index (χ4n) is 3.29. The number of ether oxygens (including phenoxy) is 2. The Labute approximate surface area is 189 Å². The number of benzene rings is 2. The Kier molecular flexibility index (Phi) is 7.41. The second-order valence-corrected chi connectivity index (χ2v) is 7.41. The SMILES string of the molecule is CCOC(=O)C1=C(COc2ccccc2F)N(CC)C(=O)N[C@@H]1c1ccc(Cl)c(Cl)c1. The first-order valence-corrected chi connectivity index (χ1v) is 10.4. The largest absolute Gasteiger partial charge is 0.484 e. The van der Waals surface area contributed by atoms with E-state index in [1.807, 2.05) is 0 Å². The van der Waals surface area contributed by atoms with Gasteiger partial charge in [0, 0.05) is 6.54 Å². The van der Waals surface area contributed by atoms with E-state index in [0.717, 1.165) is 0 Å². The molecule has 0 aromatic heterocycles. The van der Waals surface area contributed by atoms with E-state index in [2.05, 4.69) is 5.32 Å². The van der Waals surface area contributed by atoms with Crippen LogP contribution in [0.5, 0.6) is 5.75 Å². The molecule has 1 aliphatic heterocycles. The molecule has 0 fully saturated rings. The van der Waals surface area contributed by atoms with Crippen LogP contribution >= 0.6 is 23.2 Å². The van der Waals surface area contributed by atoms with Gasteiger partial charge in [-0.3, -0.25) is 4.90 Å². The molecule has 0 aliphatic carbocycles. The molecule has 0 unspecified atom stereocenters. The summed E-state index contributed by atoms with van der Waals surface area (Å²) >= 11 is 12.2. The maximum absolute atomic E-state index is 14.0. The highest BCUT2D eigenvalue weighted by Crippen LogP contribution is 2.34. The molecule has 1 N–H and O–H groups in total. The normalized spacial score (nSPS) is 16.2. The molecular formula is C22H21Cl2FN2O4. The van der Waals surface area contributed by atoms with E-state index in [-0.39, 0.29) is 41.8 Å². The van der Waals surface area contributed by atoms with Crippen molar-refractivity contribution in [3.05, 3.63) is 75.2 Å². The number of nitrogens with zero attached hydrogens (tertiary/aromatic N) is 1. The number of hydrogen-bond donors (Lipinski definition) is 1. The molecule has 1 aliphatic rings. The molecule has 0 radical (unpaired) electrons. The van der Waals surface area contributed by atoms with E-state index in [9.17, 15) is 14.0 Å². The van der Waals surface area contributed by atoms with Crippen LogP contribution in [0.15, 0.2) is 53.7 Å². The van der Waals surface area contributed by atoms with E-state index < -0.39 is 23.9 Å². The van der Waals surface area contributed by atoms with E-state index in [0.29, 0.717) is 10.6 Å². The van der Waals surface area contributed by atoms with Gasteiger partial charge in [-0.15, -0.1) is 0 Å². The Bertz CT molecular complexity index is 1030. The third-order valence-electron chi connectivity index (χ3n) is 4.73. The monoisotopic (exact) mass is 466 g/mol. The molecule has 9 heteroatoms. The first-order valence-electron chi connectivity index (χ1n) is 9.67. The fourth-order valence-corrected chi connectivity index (χ4v) is 3.60. The number of amides is 2. The zero-order valence-corrected chi connectivity index (χ0v) is 18.5. The number of carbonyl (C=O) groups is 2. The summed E-state index contributed by atoms with van der Waals surface area (Å²) in [6.45, 7) is 3.62. The van der Waals surface area contributed by atoms with Crippen LogP contribution in [0.4, 0.5) is 9.18 Å². The number of hydrogen-bond acceptors (Lipinski definition) is 4. The predicted molar refractivity (Wildman–Crippen MR) is 116 cm³/mol. The van der Waals surface area contributed by atoms with E-state index in [1.54, 1.807) is 38.1 Å².